The summed E-state index contributed by atoms with van der Waals surface area (Å²) in [7, 11) is 0. The third kappa shape index (κ3) is 2.09. The molecule has 0 atom stereocenters. The van der Waals surface area contributed by atoms with Gasteiger partial charge < -0.3 is 9.64 Å². The monoisotopic (exact) mass is 282 g/mol. The van der Waals surface area contributed by atoms with Gasteiger partial charge >= 0.3 is 0 Å². The van der Waals surface area contributed by atoms with Crippen molar-refractivity contribution in [2.75, 3.05) is 31.2 Å². The molecular weight excluding hydrogens is 272 g/mol. The normalized spacial score (nSPS) is 16.2. The minimum absolute atomic E-state index is 0.447. The first-order valence-electron chi connectivity index (χ1n) is 5.66. The van der Waals surface area contributed by atoms with E-state index in [1.807, 2.05) is 6.07 Å². The molecule has 6 heteroatoms. The zero-order valence-electron chi connectivity index (χ0n) is 9.56. The summed E-state index contributed by atoms with van der Waals surface area (Å²) in [5.41, 5.74) is 0.447. The Morgan fingerprint density at radius 3 is 2.89 bits per heavy atom. The Hall–Kier alpha value is -1.17. The highest BCUT2D eigenvalue weighted by molar-refractivity contribution is 7.22. The highest BCUT2D eigenvalue weighted by atomic mass is 35.5. The van der Waals surface area contributed by atoms with Crippen molar-refractivity contribution < 1.29 is 9.53 Å². The van der Waals surface area contributed by atoms with Gasteiger partial charge in [-0.25, -0.2) is 4.98 Å². The average molecular weight is 283 g/mol. The first-order chi connectivity index (χ1) is 8.78. The van der Waals surface area contributed by atoms with E-state index in [1.54, 1.807) is 6.07 Å². The number of pyridine rings is 1. The average Bonchev–Trinajstić information content (AvgIpc) is 2.78. The number of thiophene rings is 1. The number of halogens is 1. The zero-order chi connectivity index (χ0) is 12.5. The van der Waals surface area contributed by atoms with Crippen molar-refractivity contribution in [2.24, 2.45) is 0 Å². The van der Waals surface area contributed by atoms with Gasteiger partial charge in [0.2, 0.25) is 0 Å². The lowest BCUT2D eigenvalue weighted by molar-refractivity contribution is 0.111. The maximum absolute atomic E-state index is 11.0. The Morgan fingerprint density at radius 1 is 1.39 bits per heavy atom. The van der Waals surface area contributed by atoms with E-state index in [4.69, 9.17) is 16.3 Å². The van der Waals surface area contributed by atoms with Gasteiger partial charge in [-0.15, -0.1) is 11.3 Å². The summed E-state index contributed by atoms with van der Waals surface area (Å²) < 4.78 is 7.04. The fraction of sp³-hybridized carbons (Fsp3) is 0.333. The van der Waals surface area contributed by atoms with E-state index >= 15 is 0 Å². The fourth-order valence-electron chi connectivity index (χ4n) is 2.08. The van der Waals surface area contributed by atoms with E-state index < -0.39 is 0 Å². The predicted molar refractivity (Wildman–Crippen MR) is 73.0 cm³/mol. The number of ether oxygens (including phenoxy) is 1. The molecule has 0 radical (unpaired) electrons. The molecule has 0 amide bonds. The quantitative estimate of drug-likeness (QED) is 0.794. The van der Waals surface area contributed by atoms with Crippen LogP contribution in [0.25, 0.3) is 10.1 Å². The van der Waals surface area contributed by atoms with Gasteiger partial charge in [-0.05, 0) is 12.1 Å². The Bertz CT molecular complexity index is 593. The van der Waals surface area contributed by atoms with Gasteiger partial charge in [-0.1, -0.05) is 11.6 Å². The van der Waals surface area contributed by atoms with Crippen molar-refractivity contribution in [2.45, 2.75) is 0 Å². The second kappa shape index (κ2) is 4.84. The van der Waals surface area contributed by atoms with Crippen LogP contribution in [0.2, 0.25) is 4.34 Å². The van der Waals surface area contributed by atoms with Crippen LogP contribution in [0, 0.1) is 0 Å². The number of nitrogens with zero attached hydrogens (tertiary/aromatic N) is 2. The third-order valence-electron chi connectivity index (χ3n) is 2.92. The molecule has 0 aromatic carbocycles. The SMILES string of the molecule is O=Cc1cc2sc(Cl)cc2c(N2CCOCC2)n1. The summed E-state index contributed by atoms with van der Waals surface area (Å²) in [6.45, 7) is 2.95. The highest BCUT2D eigenvalue weighted by Crippen LogP contribution is 2.35. The first-order valence-corrected chi connectivity index (χ1v) is 6.85. The molecule has 1 aliphatic heterocycles. The van der Waals surface area contributed by atoms with Crippen LogP contribution in [0.3, 0.4) is 0 Å². The largest absolute Gasteiger partial charge is 0.378 e. The first kappa shape index (κ1) is 11.9. The van der Waals surface area contributed by atoms with Crippen molar-refractivity contribution in [3.05, 3.63) is 22.2 Å². The molecule has 2 aromatic heterocycles. The molecule has 0 N–H and O–H groups in total. The molecule has 4 nitrogen and oxygen atoms in total. The summed E-state index contributed by atoms with van der Waals surface area (Å²) in [5, 5.41) is 1.01. The summed E-state index contributed by atoms with van der Waals surface area (Å²) >= 11 is 7.52. The molecule has 94 valence electrons. The molecule has 3 rings (SSSR count). The van der Waals surface area contributed by atoms with Crippen molar-refractivity contribution in [3.8, 4) is 0 Å². The van der Waals surface area contributed by atoms with E-state index in [1.165, 1.54) is 11.3 Å². The Balaban J connectivity index is 2.15. The van der Waals surface area contributed by atoms with Gasteiger partial charge in [0.05, 0.1) is 17.6 Å². The predicted octanol–water partition coefficient (Wildman–Crippen LogP) is 2.60. The molecule has 0 saturated carbocycles. The van der Waals surface area contributed by atoms with Gasteiger partial charge in [-0.3, -0.25) is 4.79 Å². The van der Waals surface area contributed by atoms with Gasteiger partial charge in [0.1, 0.15) is 11.5 Å². The molecule has 1 saturated heterocycles. The Kier molecular flexibility index (Phi) is 3.20. The molecule has 0 spiro atoms. The van der Waals surface area contributed by atoms with Crippen molar-refractivity contribution >= 4 is 45.1 Å². The van der Waals surface area contributed by atoms with Crippen LogP contribution in [-0.2, 0) is 4.74 Å². The van der Waals surface area contributed by atoms with Crippen LogP contribution in [0.5, 0.6) is 0 Å². The lowest BCUT2D eigenvalue weighted by atomic mass is 10.2. The Labute approximate surface area is 113 Å². The van der Waals surface area contributed by atoms with Gasteiger partial charge in [0.15, 0.2) is 6.29 Å². The van der Waals surface area contributed by atoms with Crippen molar-refractivity contribution in [3.63, 3.8) is 0 Å². The lowest BCUT2D eigenvalue weighted by Gasteiger charge is -2.28. The summed E-state index contributed by atoms with van der Waals surface area (Å²) in [6.07, 6.45) is 0.775. The van der Waals surface area contributed by atoms with E-state index in [0.717, 1.165) is 35.3 Å². The molecule has 1 aliphatic rings. The number of rotatable bonds is 2. The number of carbonyl (C=O) groups is 1. The second-order valence-electron chi connectivity index (χ2n) is 4.05. The highest BCUT2D eigenvalue weighted by Gasteiger charge is 2.17. The van der Waals surface area contributed by atoms with Crippen LogP contribution < -0.4 is 4.90 Å². The van der Waals surface area contributed by atoms with Crippen LogP contribution >= 0.6 is 22.9 Å². The summed E-state index contributed by atoms with van der Waals surface area (Å²) in [5.74, 6) is 0.834. The standard InChI is InChI=1S/C12H11ClN2O2S/c13-11-6-9-10(18-11)5-8(7-16)14-12(9)15-1-3-17-4-2-15/h5-7H,1-4H2. The molecule has 1 fully saturated rings. The smallest absolute Gasteiger partial charge is 0.168 e. The lowest BCUT2D eigenvalue weighted by Crippen LogP contribution is -2.37. The van der Waals surface area contributed by atoms with Crippen molar-refractivity contribution in [1.82, 2.24) is 4.98 Å². The third-order valence-corrected chi connectivity index (χ3v) is 4.13. The van der Waals surface area contributed by atoms with E-state index in [2.05, 4.69) is 9.88 Å². The van der Waals surface area contributed by atoms with E-state index in [-0.39, 0.29) is 0 Å². The molecule has 3 heterocycles. The summed E-state index contributed by atoms with van der Waals surface area (Å²) in [4.78, 5) is 17.5. The molecule has 0 bridgehead atoms. The fourth-order valence-corrected chi connectivity index (χ4v) is 3.27. The van der Waals surface area contributed by atoms with Gasteiger partial charge in [-0.2, -0.15) is 0 Å². The maximum Gasteiger partial charge on any atom is 0.168 e. The molecule has 2 aromatic rings. The number of morpholine rings is 1. The second-order valence-corrected chi connectivity index (χ2v) is 5.77. The van der Waals surface area contributed by atoms with Gasteiger partial charge in [0.25, 0.3) is 0 Å². The Morgan fingerprint density at radius 2 is 2.17 bits per heavy atom. The number of fused-ring (bicyclic) bond motifs is 1. The number of anilines is 1. The van der Waals surface area contributed by atoms with Gasteiger partial charge in [0, 0.05) is 23.2 Å². The maximum atomic E-state index is 11.0. The zero-order valence-corrected chi connectivity index (χ0v) is 11.1. The molecule has 0 unspecified atom stereocenters. The summed E-state index contributed by atoms with van der Waals surface area (Å²) in [6, 6.07) is 3.69. The van der Waals surface area contributed by atoms with Crippen LogP contribution in [0.1, 0.15) is 10.5 Å². The van der Waals surface area contributed by atoms with E-state index in [9.17, 15) is 4.79 Å². The number of hydrogen-bond acceptors (Lipinski definition) is 5. The molecular formula is C12H11ClN2O2S. The number of aromatic nitrogens is 1. The van der Waals surface area contributed by atoms with Crippen LogP contribution in [0.15, 0.2) is 12.1 Å². The van der Waals surface area contributed by atoms with Crippen molar-refractivity contribution in [1.29, 1.82) is 0 Å². The minimum atomic E-state index is 0.447. The molecule has 0 aliphatic carbocycles. The van der Waals surface area contributed by atoms with Crippen LogP contribution in [-0.4, -0.2) is 37.6 Å². The minimum Gasteiger partial charge on any atom is -0.378 e. The number of aldehydes is 1. The number of hydrogen-bond donors (Lipinski definition) is 0. The van der Waals surface area contributed by atoms with Crippen LogP contribution in [0.4, 0.5) is 5.82 Å². The topological polar surface area (TPSA) is 42.4 Å². The number of carbonyl (C=O) groups excluding carboxylic acids is 1. The molecule has 18 heavy (non-hydrogen) atoms. The van der Waals surface area contributed by atoms with E-state index in [0.29, 0.717) is 23.2 Å².